The van der Waals surface area contributed by atoms with Crippen LogP contribution in [0.4, 0.5) is 5.69 Å². The summed E-state index contributed by atoms with van der Waals surface area (Å²) in [7, 11) is 0. The van der Waals surface area contributed by atoms with Crippen LogP contribution in [-0.4, -0.2) is 38.9 Å². The fourth-order valence-corrected chi connectivity index (χ4v) is 1.95. The Balaban J connectivity index is 2.49. The number of carbonyl (C=O) groups excluding carboxylic acids is 1. The number of hydrogen-bond donors (Lipinski definition) is 0. The van der Waals surface area contributed by atoms with Crippen molar-refractivity contribution in [2.45, 2.75) is 26.7 Å². The first-order valence-electron chi connectivity index (χ1n) is 7.31. The van der Waals surface area contributed by atoms with Crippen molar-refractivity contribution in [2.24, 2.45) is 0 Å². The van der Waals surface area contributed by atoms with Crippen LogP contribution in [0.2, 0.25) is 0 Å². The van der Waals surface area contributed by atoms with Crippen LogP contribution in [0.15, 0.2) is 30.3 Å². The van der Waals surface area contributed by atoms with Crippen LogP contribution in [0.3, 0.4) is 0 Å². The fraction of sp³-hybridized carbons (Fsp3) is 0.562. The van der Waals surface area contributed by atoms with Crippen molar-refractivity contribution in [2.75, 3.05) is 37.8 Å². The number of ether oxygens (including phenoxy) is 2. The molecule has 0 aliphatic carbocycles. The molecule has 20 heavy (non-hydrogen) atoms. The Hall–Kier alpha value is -1.55. The number of anilines is 1. The van der Waals surface area contributed by atoms with Crippen LogP contribution >= 0.6 is 0 Å². The molecule has 0 atom stereocenters. The molecular formula is C16H25NO3. The van der Waals surface area contributed by atoms with Gasteiger partial charge in [-0.15, -0.1) is 0 Å². The summed E-state index contributed by atoms with van der Waals surface area (Å²) in [6, 6.07) is 9.96. The van der Waals surface area contributed by atoms with Crippen LogP contribution in [-0.2, 0) is 14.3 Å². The molecule has 0 fully saturated rings. The van der Waals surface area contributed by atoms with Gasteiger partial charge < -0.3 is 14.4 Å². The number of esters is 1. The average Bonchev–Trinajstić information content (AvgIpc) is 2.47. The molecule has 0 heterocycles. The molecule has 0 bridgehead atoms. The Morgan fingerprint density at radius 3 is 2.50 bits per heavy atom. The van der Waals surface area contributed by atoms with E-state index in [1.807, 2.05) is 44.2 Å². The van der Waals surface area contributed by atoms with Crippen molar-refractivity contribution in [1.82, 2.24) is 0 Å². The van der Waals surface area contributed by atoms with Gasteiger partial charge in [0.05, 0.1) is 6.61 Å². The van der Waals surface area contributed by atoms with E-state index in [1.165, 1.54) is 0 Å². The van der Waals surface area contributed by atoms with Crippen LogP contribution < -0.4 is 4.90 Å². The van der Waals surface area contributed by atoms with E-state index < -0.39 is 0 Å². The Bertz CT molecular complexity index is 367. The summed E-state index contributed by atoms with van der Waals surface area (Å²) in [4.78, 5) is 13.7. The number of para-hydroxylation sites is 1. The van der Waals surface area contributed by atoms with E-state index in [0.717, 1.165) is 38.3 Å². The summed E-state index contributed by atoms with van der Waals surface area (Å²) in [6.45, 7) is 6.90. The molecule has 0 unspecified atom stereocenters. The average molecular weight is 279 g/mol. The van der Waals surface area contributed by atoms with E-state index in [-0.39, 0.29) is 5.97 Å². The normalized spacial score (nSPS) is 10.3. The van der Waals surface area contributed by atoms with Crippen molar-refractivity contribution in [3.05, 3.63) is 30.3 Å². The molecule has 0 aromatic heterocycles. The van der Waals surface area contributed by atoms with Crippen LogP contribution in [0.1, 0.15) is 26.7 Å². The van der Waals surface area contributed by atoms with Crippen molar-refractivity contribution in [3.63, 3.8) is 0 Å². The molecule has 1 aromatic carbocycles. The zero-order valence-corrected chi connectivity index (χ0v) is 12.5. The zero-order valence-electron chi connectivity index (χ0n) is 12.5. The molecule has 1 aromatic rings. The van der Waals surface area contributed by atoms with Gasteiger partial charge in [0.25, 0.3) is 0 Å². The number of carbonyl (C=O) groups is 1. The van der Waals surface area contributed by atoms with E-state index in [0.29, 0.717) is 13.2 Å². The summed E-state index contributed by atoms with van der Waals surface area (Å²) in [6.07, 6.45) is 1.99. The number of rotatable bonds is 10. The molecule has 0 amide bonds. The van der Waals surface area contributed by atoms with Gasteiger partial charge in [0, 0.05) is 25.4 Å². The van der Waals surface area contributed by atoms with Crippen molar-refractivity contribution >= 4 is 11.7 Å². The summed E-state index contributed by atoms with van der Waals surface area (Å²) >= 11 is 0. The van der Waals surface area contributed by atoms with Crippen molar-refractivity contribution < 1.29 is 14.3 Å². The topological polar surface area (TPSA) is 38.8 Å². The highest BCUT2D eigenvalue weighted by molar-refractivity contribution is 5.75. The van der Waals surface area contributed by atoms with E-state index >= 15 is 0 Å². The standard InChI is InChI=1S/C16H25NO3/c1-3-19-13-9-8-12-17(14-16(18)20-4-2)15-10-6-5-7-11-15/h5-7,10-11H,3-4,8-9,12-14H2,1-2H3. The SMILES string of the molecule is CCOCCCCN(CC(=O)OCC)c1ccccc1. The predicted molar refractivity (Wildman–Crippen MR) is 81.0 cm³/mol. The molecule has 4 heteroatoms. The highest BCUT2D eigenvalue weighted by atomic mass is 16.5. The van der Waals surface area contributed by atoms with E-state index in [4.69, 9.17) is 9.47 Å². The molecular weight excluding hydrogens is 254 g/mol. The van der Waals surface area contributed by atoms with Gasteiger partial charge in [-0.1, -0.05) is 18.2 Å². The molecule has 0 saturated heterocycles. The first kappa shape index (κ1) is 16.5. The Labute approximate surface area is 121 Å². The van der Waals surface area contributed by atoms with Gasteiger partial charge in [0.15, 0.2) is 0 Å². The van der Waals surface area contributed by atoms with Crippen LogP contribution in [0.5, 0.6) is 0 Å². The fourth-order valence-electron chi connectivity index (χ4n) is 1.95. The van der Waals surface area contributed by atoms with Gasteiger partial charge in [0.2, 0.25) is 0 Å². The van der Waals surface area contributed by atoms with E-state index in [9.17, 15) is 4.79 Å². The highest BCUT2D eigenvalue weighted by Crippen LogP contribution is 2.14. The largest absolute Gasteiger partial charge is 0.465 e. The maximum Gasteiger partial charge on any atom is 0.325 e. The summed E-state index contributed by atoms with van der Waals surface area (Å²) in [5, 5.41) is 0. The van der Waals surface area contributed by atoms with Crippen molar-refractivity contribution in [1.29, 1.82) is 0 Å². The molecule has 0 radical (unpaired) electrons. The molecule has 4 nitrogen and oxygen atoms in total. The second-order valence-corrected chi connectivity index (χ2v) is 4.47. The third-order valence-electron chi connectivity index (χ3n) is 2.92. The third-order valence-corrected chi connectivity index (χ3v) is 2.92. The molecule has 0 spiro atoms. The Kier molecular flexibility index (Phi) is 8.47. The predicted octanol–water partition coefficient (Wildman–Crippen LogP) is 2.87. The molecule has 1 rings (SSSR count). The Morgan fingerprint density at radius 1 is 1.10 bits per heavy atom. The maximum atomic E-state index is 11.7. The monoisotopic (exact) mass is 279 g/mol. The van der Waals surface area contributed by atoms with Crippen LogP contribution in [0, 0.1) is 0 Å². The lowest BCUT2D eigenvalue weighted by Gasteiger charge is -2.23. The van der Waals surface area contributed by atoms with Gasteiger partial charge in [0.1, 0.15) is 6.54 Å². The highest BCUT2D eigenvalue weighted by Gasteiger charge is 2.11. The molecule has 112 valence electrons. The summed E-state index contributed by atoms with van der Waals surface area (Å²) in [5.41, 5.74) is 1.05. The molecule has 0 saturated carbocycles. The minimum Gasteiger partial charge on any atom is -0.465 e. The summed E-state index contributed by atoms with van der Waals surface area (Å²) < 4.78 is 10.4. The minimum absolute atomic E-state index is 0.179. The first-order valence-corrected chi connectivity index (χ1v) is 7.31. The van der Waals surface area contributed by atoms with Gasteiger partial charge >= 0.3 is 5.97 Å². The molecule has 0 aliphatic rings. The molecule has 0 N–H and O–H groups in total. The lowest BCUT2D eigenvalue weighted by atomic mass is 10.2. The lowest BCUT2D eigenvalue weighted by molar-refractivity contribution is -0.141. The second-order valence-electron chi connectivity index (χ2n) is 4.47. The number of nitrogens with zero attached hydrogens (tertiary/aromatic N) is 1. The second kappa shape index (κ2) is 10.3. The van der Waals surface area contributed by atoms with Gasteiger partial charge in [-0.3, -0.25) is 4.79 Å². The first-order chi connectivity index (χ1) is 9.77. The summed E-state index contributed by atoms with van der Waals surface area (Å²) in [5.74, 6) is -0.179. The lowest BCUT2D eigenvalue weighted by Crippen LogP contribution is -2.32. The van der Waals surface area contributed by atoms with Crippen LogP contribution in [0.25, 0.3) is 0 Å². The quantitative estimate of drug-likeness (QED) is 0.487. The maximum absolute atomic E-state index is 11.7. The smallest absolute Gasteiger partial charge is 0.325 e. The zero-order chi connectivity index (χ0) is 14.6. The minimum atomic E-state index is -0.179. The molecule has 0 aliphatic heterocycles. The van der Waals surface area contributed by atoms with Gasteiger partial charge in [-0.25, -0.2) is 0 Å². The third kappa shape index (κ3) is 6.57. The number of hydrogen-bond acceptors (Lipinski definition) is 4. The van der Waals surface area contributed by atoms with Gasteiger partial charge in [-0.2, -0.15) is 0 Å². The number of benzene rings is 1. The van der Waals surface area contributed by atoms with E-state index in [2.05, 4.69) is 4.90 Å². The van der Waals surface area contributed by atoms with Crippen molar-refractivity contribution in [3.8, 4) is 0 Å². The Morgan fingerprint density at radius 2 is 1.85 bits per heavy atom. The van der Waals surface area contributed by atoms with Gasteiger partial charge in [-0.05, 0) is 38.8 Å². The van der Waals surface area contributed by atoms with E-state index in [1.54, 1.807) is 0 Å². The number of unbranched alkanes of at least 4 members (excludes halogenated alkanes) is 1.